The van der Waals surface area contributed by atoms with Crippen LogP contribution in [0.15, 0.2) is 29.2 Å². The Morgan fingerprint density at radius 3 is 2.60 bits per heavy atom. The van der Waals surface area contributed by atoms with E-state index in [1.807, 2.05) is 0 Å². The zero-order valence-electron chi connectivity index (χ0n) is 13.8. The molecule has 1 aromatic rings. The standard InChI is InChI=1S/C16H17F3O4S2/c1-15(2,3)14(20)21-10-6-7-11-12(22-23-25-16(17,18)19)5-4-8-24-13(11)9-10/h5-7,9H,4,8H2,1-3H3. The van der Waals surface area contributed by atoms with Crippen LogP contribution in [0.5, 0.6) is 5.75 Å². The summed E-state index contributed by atoms with van der Waals surface area (Å²) < 4.78 is 46.0. The summed E-state index contributed by atoms with van der Waals surface area (Å²) in [7, 11) is 0. The van der Waals surface area contributed by atoms with Gasteiger partial charge in [0.15, 0.2) is 17.8 Å². The molecule has 0 unspecified atom stereocenters. The monoisotopic (exact) mass is 394 g/mol. The van der Waals surface area contributed by atoms with Gasteiger partial charge in [0.05, 0.1) is 5.41 Å². The van der Waals surface area contributed by atoms with Crippen molar-refractivity contribution in [3.63, 3.8) is 0 Å². The van der Waals surface area contributed by atoms with Crippen LogP contribution in [0.4, 0.5) is 13.2 Å². The first kappa shape index (κ1) is 20.0. The van der Waals surface area contributed by atoms with E-state index < -0.39 is 23.0 Å². The van der Waals surface area contributed by atoms with E-state index in [4.69, 9.17) is 9.62 Å². The van der Waals surface area contributed by atoms with Crippen molar-refractivity contribution in [1.82, 2.24) is 0 Å². The smallest absolute Gasteiger partial charge is 0.426 e. The third-order valence-corrected chi connectivity index (χ3v) is 4.41. The molecule has 0 N–H and O–H groups in total. The Bertz CT molecular complexity index is 666. The molecule has 1 heterocycles. The van der Waals surface area contributed by atoms with Crippen molar-refractivity contribution in [2.45, 2.75) is 37.6 Å². The van der Waals surface area contributed by atoms with Gasteiger partial charge in [-0.2, -0.15) is 13.2 Å². The summed E-state index contributed by atoms with van der Waals surface area (Å²) in [6.45, 7) is 5.24. The second kappa shape index (κ2) is 7.92. The number of halogens is 3. The molecule has 1 aliphatic heterocycles. The molecule has 138 valence electrons. The highest BCUT2D eigenvalue weighted by molar-refractivity contribution is 7.99. The van der Waals surface area contributed by atoms with Gasteiger partial charge in [-0.3, -0.25) is 4.79 Å². The van der Waals surface area contributed by atoms with Gasteiger partial charge < -0.3 is 9.62 Å². The van der Waals surface area contributed by atoms with Gasteiger partial charge in [0.25, 0.3) is 0 Å². The van der Waals surface area contributed by atoms with Gasteiger partial charge in [-0.05, 0) is 51.5 Å². The lowest BCUT2D eigenvalue weighted by Crippen LogP contribution is -2.25. The van der Waals surface area contributed by atoms with Crippen molar-refractivity contribution in [1.29, 1.82) is 0 Å². The molecule has 0 aromatic heterocycles. The second-order valence-corrected chi connectivity index (χ2v) is 8.09. The second-order valence-electron chi connectivity index (χ2n) is 6.18. The van der Waals surface area contributed by atoms with Crippen molar-refractivity contribution >= 4 is 35.5 Å². The number of benzene rings is 1. The lowest BCUT2D eigenvalue weighted by Gasteiger charge is -2.17. The highest BCUT2D eigenvalue weighted by Crippen LogP contribution is 2.38. The van der Waals surface area contributed by atoms with Crippen LogP contribution in [0.3, 0.4) is 0 Å². The average Bonchev–Trinajstić information content (AvgIpc) is 2.67. The third-order valence-electron chi connectivity index (χ3n) is 3.00. The van der Waals surface area contributed by atoms with E-state index in [-0.39, 0.29) is 11.7 Å². The van der Waals surface area contributed by atoms with Crippen molar-refractivity contribution in [3.05, 3.63) is 29.8 Å². The van der Waals surface area contributed by atoms with Crippen molar-refractivity contribution in [2.75, 3.05) is 5.75 Å². The number of thioether (sulfide) groups is 1. The average molecular weight is 394 g/mol. The summed E-state index contributed by atoms with van der Waals surface area (Å²) in [5.41, 5.74) is -4.61. The Balaban J connectivity index is 2.14. The molecule has 0 spiro atoms. The molecule has 0 fully saturated rings. The van der Waals surface area contributed by atoms with Crippen LogP contribution in [0.1, 0.15) is 32.8 Å². The van der Waals surface area contributed by atoms with Gasteiger partial charge >= 0.3 is 11.5 Å². The maximum atomic E-state index is 12.1. The van der Waals surface area contributed by atoms with Gasteiger partial charge in [0, 0.05) is 16.2 Å². The first-order chi connectivity index (χ1) is 11.6. The minimum atomic E-state index is -4.55. The summed E-state index contributed by atoms with van der Waals surface area (Å²) in [5.74, 6) is 0.912. The van der Waals surface area contributed by atoms with Crippen molar-refractivity contribution in [3.8, 4) is 5.75 Å². The largest absolute Gasteiger partial charge is 0.471 e. The summed E-state index contributed by atoms with van der Waals surface area (Å²) >= 11 is 0.777. The fraction of sp³-hybridized carbons (Fsp3) is 0.438. The Hall–Kier alpha value is -1.32. The van der Waals surface area contributed by atoms with Crippen LogP contribution in [0.2, 0.25) is 0 Å². The maximum Gasteiger partial charge on any atom is 0.471 e. The van der Waals surface area contributed by atoms with Gasteiger partial charge in [0.2, 0.25) is 0 Å². The molecule has 25 heavy (non-hydrogen) atoms. The van der Waals surface area contributed by atoms with Crippen molar-refractivity contribution in [2.24, 2.45) is 5.41 Å². The topological polar surface area (TPSA) is 44.8 Å². The number of carbonyl (C=O) groups is 1. The fourth-order valence-corrected chi connectivity index (χ4v) is 2.95. The minimum absolute atomic E-state index is 0.199. The van der Waals surface area contributed by atoms with Crippen LogP contribution in [-0.4, -0.2) is 17.2 Å². The van der Waals surface area contributed by atoms with E-state index >= 15 is 0 Å². The number of rotatable bonds is 4. The number of hydrogen-bond acceptors (Lipinski definition) is 6. The highest BCUT2D eigenvalue weighted by atomic mass is 32.2. The zero-order chi connectivity index (χ0) is 18.7. The molecule has 0 saturated heterocycles. The highest BCUT2D eigenvalue weighted by Gasteiger charge is 2.32. The summed E-state index contributed by atoms with van der Waals surface area (Å²) in [5, 5.41) is 0. The molecule has 0 atom stereocenters. The van der Waals surface area contributed by atoms with Crippen LogP contribution in [-0.2, 0) is 14.0 Å². The summed E-state index contributed by atoms with van der Waals surface area (Å²) in [4.78, 5) is 17.5. The quantitative estimate of drug-likeness (QED) is 0.218. The Morgan fingerprint density at radius 1 is 1.24 bits per heavy atom. The molecule has 0 saturated carbocycles. The number of alkyl halides is 3. The van der Waals surface area contributed by atoms with Gasteiger partial charge in [-0.1, -0.05) is 0 Å². The predicted molar refractivity (Wildman–Crippen MR) is 90.7 cm³/mol. The van der Waals surface area contributed by atoms with E-state index in [0.717, 1.165) is 4.90 Å². The molecule has 0 radical (unpaired) electrons. The van der Waals surface area contributed by atoms with E-state index in [0.29, 0.717) is 23.5 Å². The molecule has 0 amide bonds. The number of hydrogen-bond donors (Lipinski definition) is 0. The molecule has 1 aromatic carbocycles. The SMILES string of the molecule is CC(C)(C)C(=O)Oc1ccc2c(c1)SCCC=C2OOSC(F)(F)F. The van der Waals surface area contributed by atoms with Crippen LogP contribution >= 0.6 is 23.8 Å². The zero-order valence-corrected chi connectivity index (χ0v) is 15.4. The van der Waals surface area contributed by atoms with E-state index in [2.05, 4.69) is 4.33 Å². The number of ether oxygens (including phenoxy) is 1. The number of allylic oxidation sites excluding steroid dienone is 1. The number of carbonyl (C=O) groups excluding carboxylic acids is 1. The Morgan fingerprint density at radius 2 is 1.96 bits per heavy atom. The van der Waals surface area contributed by atoms with Crippen LogP contribution in [0, 0.1) is 5.41 Å². The van der Waals surface area contributed by atoms with E-state index in [1.165, 1.54) is 11.8 Å². The summed E-state index contributed by atoms with van der Waals surface area (Å²) in [6.07, 6.45) is 2.27. The Kier molecular flexibility index (Phi) is 6.34. The van der Waals surface area contributed by atoms with E-state index in [9.17, 15) is 18.0 Å². The molecule has 0 bridgehead atoms. The van der Waals surface area contributed by atoms with E-state index in [1.54, 1.807) is 45.0 Å². The minimum Gasteiger partial charge on any atom is -0.426 e. The third kappa shape index (κ3) is 6.16. The van der Waals surface area contributed by atoms with Gasteiger partial charge in [-0.15, -0.1) is 16.1 Å². The normalized spacial score (nSPS) is 15.0. The molecule has 4 nitrogen and oxygen atoms in total. The Labute approximate surface area is 152 Å². The first-order valence-corrected chi connectivity index (χ1v) is 9.08. The lowest BCUT2D eigenvalue weighted by molar-refractivity contribution is -0.143. The molecule has 0 aliphatic carbocycles. The first-order valence-electron chi connectivity index (χ1n) is 7.35. The van der Waals surface area contributed by atoms with Crippen LogP contribution in [0.25, 0.3) is 5.76 Å². The molecule has 2 rings (SSSR count). The molecular formula is C16H17F3O4S2. The number of esters is 1. The van der Waals surface area contributed by atoms with Gasteiger partial charge in [-0.25, -0.2) is 0 Å². The summed E-state index contributed by atoms with van der Waals surface area (Å²) in [6, 6.07) is 4.87. The van der Waals surface area contributed by atoms with Crippen LogP contribution < -0.4 is 4.74 Å². The van der Waals surface area contributed by atoms with Gasteiger partial charge in [0.1, 0.15) is 5.75 Å². The lowest BCUT2D eigenvalue weighted by atomic mass is 9.97. The molecule has 1 aliphatic rings. The molecular weight excluding hydrogens is 377 g/mol. The predicted octanol–water partition coefficient (Wildman–Crippen LogP) is 5.59. The number of fused-ring (bicyclic) bond motifs is 1. The molecule has 9 heteroatoms. The maximum absolute atomic E-state index is 12.1. The van der Waals surface area contributed by atoms with Crippen molar-refractivity contribution < 1.29 is 31.9 Å². The fourth-order valence-electron chi connectivity index (χ4n) is 1.79.